The van der Waals surface area contributed by atoms with Crippen molar-refractivity contribution >= 4 is 5.69 Å². The largest absolute Gasteiger partial charge is 0.405 e. The molecule has 0 aliphatic rings. The van der Waals surface area contributed by atoms with Gasteiger partial charge in [0.05, 0.1) is 11.9 Å². The molecule has 0 aromatic carbocycles. The lowest BCUT2D eigenvalue weighted by atomic mass is 10.4. The van der Waals surface area contributed by atoms with Gasteiger partial charge in [-0.1, -0.05) is 0 Å². The summed E-state index contributed by atoms with van der Waals surface area (Å²) in [6.45, 7) is -1.18. The smallest absolute Gasteiger partial charge is 0.375 e. The first-order chi connectivity index (χ1) is 5.97. The third-order valence-corrected chi connectivity index (χ3v) is 1.16. The van der Waals surface area contributed by atoms with Gasteiger partial charge < -0.3 is 5.32 Å². The highest BCUT2D eigenvalue weighted by Gasteiger charge is 2.26. The second kappa shape index (κ2) is 3.46. The molecule has 0 spiro atoms. The number of hydrogen-bond acceptors (Lipinski definition) is 3. The first-order valence-electron chi connectivity index (χ1n) is 3.33. The van der Waals surface area contributed by atoms with Crippen LogP contribution in [0, 0.1) is 0 Å². The normalized spacial score (nSPS) is 11.3. The van der Waals surface area contributed by atoms with Crippen LogP contribution in [0.3, 0.4) is 0 Å². The Morgan fingerprint density at radius 2 is 2.23 bits per heavy atom. The average Bonchev–Trinajstić information content (AvgIpc) is 2.00. The van der Waals surface area contributed by atoms with E-state index in [0.29, 0.717) is 0 Å². The standard InChI is InChI=1S/C6H6F3N3O/c7-6(8,9)3-10-4-1-5(13)12-11-2-4/h1-2H,3H2,(H2,10,12,13). The molecule has 1 aromatic heterocycles. The van der Waals surface area contributed by atoms with Crippen LogP contribution in [0.15, 0.2) is 17.1 Å². The maximum Gasteiger partial charge on any atom is 0.405 e. The molecule has 13 heavy (non-hydrogen) atoms. The molecule has 7 heteroatoms. The number of alkyl halides is 3. The van der Waals surface area contributed by atoms with Crippen LogP contribution >= 0.6 is 0 Å². The molecule has 0 amide bonds. The summed E-state index contributed by atoms with van der Waals surface area (Å²) in [6, 6.07) is 0.999. The molecule has 2 N–H and O–H groups in total. The van der Waals surface area contributed by atoms with Crippen LogP contribution in [0.25, 0.3) is 0 Å². The van der Waals surface area contributed by atoms with Crippen molar-refractivity contribution in [3.63, 3.8) is 0 Å². The van der Waals surface area contributed by atoms with E-state index < -0.39 is 18.3 Å². The van der Waals surface area contributed by atoms with Gasteiger partial charge in [-0.2, -0.15) is 18.3 Å². The summed E-state index contributed by atoms with van der Waals surface area (Å²) in [5.41, 5.74) is -0.506. The molecule has 72 valence electrons. The third-order valence-electron chi connectivity index (χ3n) is 1.16. The van der Waals surface area contributed by atoms with E-state index in [2.05, 4.69) is 5.10 Å². The van der Waals surface area contributed by atoms with Crippen LogP contribution in [-0.4, -0.2) is 22.9 Å². The highest BCUT2D eigenvalue weighted by atomic mass is 19.4. The van der Waals surface area contributed by atoms with Crippen molar-refractivity contribution in [2.75, 3.05) is 11.9 Å². The molecule has 0 unspecified atom stereocenters. The number of nitrogens with zero attached hydrogens (tertiary/aromatic N) is 1. The van der Waals surface area contributed by atoms with Gasteiger partial charge in [0.15, 0.2) is 0 Å². The lowest BCUT2D eigenvalue weighted by molar-refractivity contribution is -0.115. The van der Waals surface area contributed by atoms with Crippen molar-refractivity contribution in [2.24, 2.45) is 0 Å². The summed E-state index contributed by atoms with van der Waals surface area (Å²) in [5.74, 6) is 0. The van der Waals surface area contributed by atoms with Gasteiger partial charge in [0.2, 0.25) is 0 Å². The number of aromatic nitrogens is 2. The van der Waals surface area contributed by atoms with Gasteiger partial charge >= 0.3 is 6.18 Å². The Morgan fingerprint density at radius 3 is 2.77 bits per heavy atom. The van der Waals surface area contributed by atoms with Crippen molar-refractivity contribution in [3.8, 4) is 0 Å². The third kappa shape index (κ3) is 3.59. The van der Waals surface area contributed by atoms with E-state index in [1.165, 1.54) is 0 Å². The van der Waals surface area contributed by atoms with Crippen LogP contribution in [0.4, 0.5) is 18.9 Å². The number of aromatic amines is 1. The first kappa shape index (κ1) is 9.56. The Hall–Kier alpha value is -1.53. The molecule has 4 nitrogen and oxygen atoms in total. The predicted molar refractivity (Wildman–Crippen MR) is 39.4 cm³/mol. The summed E-state index contributed by atoms with van der Waals surface area (Å²) in [7, 11) is 0. The number of hydrogen-bond donors (Lipinski definition) is 2. The topological polar surface area (TPSA) is 57.8 Å². The van der Waals surface area contributed by atoms with Crippen LogP contribution < -0.4 is 10.9 Å². The Labute approximate surface area is 70.8 Å². The lowest BCUT2D eigenvalue weighted by Crippen LogP contribution is -2.22. The molecular formula is C6H6F3N3O. The van der Waals surface area contributed by atoms with E-state index in [-0.39, 0.29) is 5.69 Å². The van der Waals surface area contributed by atoms with Gasteiger partial charge in [-0.15, -0.1) is 0 Å². The van der Waals surface area contributed by atoms with E-state index in [9.17, 15) is 18.0 Å². The first-order valence-corrected chi connectivity index (χ1v) is 3.33. The van der Waals surface area contributed by atoms with E-state index >= 15 is 0 Å². The fourth-order valence-corrected chi connectivity index (χ4v) is 0.675. The number of rotatable bonds is 2. The molecule has 0 saturated carbocycles. The Bertz CT molecular complexity index is 332. The van der Waals surface area contributed by atoms with Crippen molar-refractivity contribution in [1.29, 1.82) is 0 Å². The van der Waals surface area contributed by atoms with Gasteiger partial charge in [0, 0.05) is 6.07 Å². The highest BCUT2D eigenvalue weighted by Crippen LogP contribution is 2.14. The van der Waals surface area contributed by atoms with Crippen LogP contribution in [0.5, 0.6) is 0 Å². The molecule has 1 rings (SSSR count). The summed E-state index contributed by atoms with van der Waals surface area (Å²) >= 11 is 0. The fraction of sp³-hybridized carbons (Fsp3) is 0.333. The molecule has 0 radical (unpaired) electrons. The molecule has 0 atom stereocenters. The van der Waals surface area contributed by atoms with E-state index in [1.54, 1.807) is 0 Å². The van der Waals surface area contributed by atoms with E-state index in [1.807, 2.05) is 10.4 Å². The second-order valence-corrected chi connectivity index (χ2v) is 2.30. The van der Waals surface area contributed by atoms with Gasteiger partial charge in [0.1, 0.15) is 6.54 Å². The van der Waals surface area contributed by atoms with Crippen molar-refractivity contribution in [1.82, 2.24) is 10.2 Å². The Balaban J connectivity index is 2.60. The van der Waals surface area contributed by atoms with Crippen molar-refractivity contribution in [3.05, 3.63) is 22.6 Å². The molecule has 0 aliphatic heterocycles. The predicted octanol–water partition coefficient (Wildman–Crippen LogP) is 0.744. The number of halogens is 3. The highest BCUT2D eigenvalue weighted by molar-refractivity contribution is 5.38. The van der Waals surface area contributed by atoms with Gasteiger partial charge in [0.25, 0.3) is 5.56 Å². The quantitative estimate of drug-likeness (QED) is 0.728. The van der Waals surface area contributed by atoms with Crippen molar-refractivity contribution < 1.29 is 13.2 Å². The monoisotopic (exact) mass is 193 g/mol. The minimum atomic E-state index is -4.30. The van der Waals surface area contributed by atoms with Gasteiger partial charge in [-0.25, -0.2) is 5.10 Å². The Kier molecular flexibility index (Phi) is 2.54. The van der Waals surface area contributed by atoms with Crippen molar-refractivity contribution in [2.45, 2.75) is 6.18 Å². The minimum Gasteiger partial charge on any atom is -0.375 e. The molecular weight excluding hydrogens is 187 g/mol. The summed E-state index contributed by atoms with van der Waals surface area (Å²) in [4.78, 5) is 10.6. The second-order valence-electron chi connectivity index (χ2n) is 2.30. The minimum absolute atomic E-state index is 0.0427. The van der Waals surface area contributed by atoms with Crippen LogP contribution in [0.1, 0.15) is 0 Å². The summed E-state index contributed by atoms with van der Waals surface area (Å²) < 4.78 is 35.0. The van der Waals surface area contributed by atoms with Crippen LogP contribution in [0.2, 0.25) is 0 Å². The summed E-state index contributed by atoms with van der Waals surface area (Å²) in [5, 5.41) is 7.38. The number of anilines is 1. The Morgan fingerprint density at radius 1 is 1.54 bits per heavy atom. The molecule has 0 bridgehead atoms. The van der Waals surface area contributed by atoms with E-state index in [0.717, 1.165) is 12.3 Å². The van der Waals surface area contributed by atoms with Gasteiger partial charge in [-0.05, 0) is 0 Å². The zero-order chi connectivity index (χ0) is 9.90. The number of nitrogens with one attached hydrogen (secondary N) is 2. The fourth-order valence-electron chi connectivity index (χ4n) is 0.675. The average molecular weight is 193 g/mol. The maximum atomic E-state index is 11.7. The molecule has 0 aliphatic carbocycles. The number of H-pyrrole nitrogens is 1. The molecule has 0 saturated heterocycles. The zero-order valence-corrected chi connectivity index (χ0v) is 6.35. The molecule has 1 aromatic rings. The van der Waals surface area contributed by atoms with Gasteiger partial charge in [-0.3, -0.25) is 4.79 Å². The molecule has 0 fully saturated rings. The zero-order valence-electron chi connectivity index (χ0n) is 6.35. The maximum absolute atomic E-state index is 11.7. The van der Waals surface area contributed by atoms with E-state index in [4.69, 9.17) is 0 Å². The molecule has 1 heterocycles. The summed E-state index contributed by atoms with van der Waals surface area (Å²) in [6.07, 6.45) is -3.20. The SMILES string of the molecule is O=c1cc(NCC(F)(F)F)cn[nH]1. The lowest BCUT2D eigenvalue weighted by Gasteiger charge is -2.07. The van der Waals surface area contributed by atoms with Crippen LogP contribution in [-0.2, 0) is 0 Å².